The second-order valence-electron chi connectivity index (χ2n) is 5.74. The minimum Gasteiger partial charge on any atom is -0.340 e. The van der Waals surface area contributed by atoms with Crippen LogP contribution < -0.4 is 5.32 Å². The Morgan fingerprint density at radius 1 is 1.21 bits per heavy atom. The lowest BCUT2D eigenvalue weighted by Gasteiger charge is -2.35. The maximum absolute atomic E-state index is 12.8. The maximum atomic E-state index is 12.8. The second-order valence-corrected chi connectivity index (χ2v) is 8.43. The zero-order chi connectivity index (χ0) is 17.9. The molecule has 0 aliphatic carbocycles. The summed E-state index contributed by atoms with van der Waals surface area (Å²) in [7, 11) is -1.99. The molecule has 9 heteroatoms. The van der Waals surface area contributed by atoms with Gasteiger partial charge in [0, 0.05) is 38.6 Å². The highest BCUT2D eigenvalue weighted by Gasteiger charge is 2.33. The van der Waals surface area contributed by atoms with E-state index in [2.05, 4.69) is 5.32 Å². The van der Waals surface area contributed by atoms with E-state index in [1.54, 1.807) is 18.0 Å². The van der Waals surface area contributed by atoms with Gasteiger partial charge in [0.2, 0.25) is 15.9 Å². The Hall–Kier alpha value is -0.860. The molecule has 1 unspecified atom stereocenters. The van der Waals surface area contributed by atoms with Crippen LogP contribution in [-0.4, -0.2) is 63.3 Å². The third-order valence-electron chi connectivity index (χ3n) is 4.00. The van der Waals surface area contributed by atoms with Crippen LogP contribution in [0.1, 0.15) is 6.92 Å². The Morgan fingerprint density at radius 2 is 1.75 bits per heavy atom. The summed E-state index contributed by atoms with van der Waals surface area (Å²) >= 11 is 12.1. The molecule has 1 aromatic carbocycles. The van der Waals surface area contributed by atoms with Gasteiger partial charge in [-0.25, -0.2) is 8.42 Å². The van der Waals surface area contributed by atoms with Crippen LogP contribution in [0.3, 0.4) is 0 Å². The zero-order valence-electron chi connectivity index (χ0n) is 13.6. The first-order valence-corrected chi connectivity index (χ1v) is 9.86. The van der Waals surface area contributed by atoms with E-state index >= 15 is 0 Å². The van der Waals surface area contributed by atoms with Crippen molar-refractivity contribution in [3.05, 3.63) is 28.2 Å². The Labute approximate surface area is 152 Å². The fraction of sp³-hybridized carbons (Fsp3) is 0.533. The van der Waals surface area contributed by atoms with Gasteiger partial charge in [-0.15, -0.1) is 0 Å². The van der Waals surface area contributed by atoms with Crippen molar-refractivity contribution in [2.24, 2.45) is 5.92 Å². The standard InChI is InChI=1S/C15H21Cl2N3O3S/c1-11(10-18-2)15(21)19-6-8-20(9-7-19)24(22,23)14-12(16)4-3-5-13(14)17/h3-5,11,18H,6-10H2,1-2H3. The van der Waals surface area contributed by atoms with Crippen LogP contribution in [0.4, 0.5) is 0 Å². The number of carbonyl (C=O) groups is 1. The molecule has 0 aromatic heterocycles. The fourth-order valence-electron chi connectivity index (χ4n) is 2.71. The predicted molar refractivity (Wildman–Crippen MR) is 94.9 cm³/mol. The molecular weight excluding hydrogens is 373 g/mol. The van der Waals surface area contributed by atoms with E-state index < -0.39 is 10.0 Å². The number of halogens is 2. The number of nitrogens with one attached hydrogen (secondary N) is 1. The molecule has 0 spiro atoms. The molecule has 1 heterocycles. The summed E-state index contributed by atoms with van der Waals surface area (Å²) in [5.74, 6) is -0.117. The summed E-state index contributed by atoms with van der Waals surface area (Å²) < 4.78 is 26.9. The number of benzene rings is 1. The van der Waals surface area contributed by atoms with Gasteiger partial charge in [-0.3, -0.25) is 4.79 Å². The molecule has 1 aliphatic rings. The Bertz CT molecular complexity index is 684. The van der Waals surface area contributed by atoms with Gasteiger partial charge in [0.1, 0.15) is 4.90 Å². The molecule has 0 bridgehead atoms. The van der Waals surface area contributed by atoms with Crippen LogP contribution in [0.25, 0.3) is 0 Å². The van der Waals surface area contributed by atoms with Crippen molar-refractivity contribution in [3.8, 4) is 0 Å². The minimum absolute atomic E-state index is 0.0252. The van der Waals surface area contributed by atoms with E-state index in [1.165, 1.54) is 16.4 Å². The highest BCUT2D eigenvalue weighted by molar-refractivity contribution is 7.89. The summed E-state index contributed by atoms with van der Waals surface area (Å²) in [6.45, 7) is 3.60. The van der Waals surface area contributed by atoms with E-state index in [-0.39, 0.29) is 39.9 Å². The van der Waals surface area contributed by atoms with Gasteiger partial charge in [0.05, 0.1) is 10.0 Å². The van der Waals surface area contributed by atoms with E-state index in [0.717, 1.165) is 0 Å². The molecule has 1 N–H and O–H groups in total. The molecule has 0 saturated carbocycles. The largest absolute Gasteiger partial charge is 0.340 e. The van der Waals surface area contributed by atoms with Crippen LogP contribution >= 0.6 is 23.2 Å². The lowest BCUT2D eigenvalue weighted by Crippen LogP contribution is -2.52. The van der Waals surface area contributed by atoms with Crippen molar-refractivity contribution < 1.29 is 13.2 Å². The topological polar surface area (TPSA) is 69.7 Å². The Kier molecular flexibility index (Phi) is 6.50. The van der Waals surface area contributed by atoms with Gasteiger partial charge in [-0.05, 0) is 19.2 Å². The zero-order valence-corrected chi connectivity index (χ0v) is 16.0. The first-order valence-electron chi connectivity index (χ1n) is 7.66. The second kappa shape index (κ2) is 8.01. The molecule has 2 rings (SSSR count). The van der Waals surface area contributed by atoms with Crippen LogP contribution in [-0.2, 0) is 14.8 Å². The number of nitrogens with zero attached hydrogens (tertiary/aromatic N) is 2. The number of piperazine rings is 1. The summed E-state index contributed by atoms with van der Waals surface area (Å²) in [6, 6.07) is 4.60. The van der Waals surface area contributed by atoms with E-state index in [4.69, 9.17) is 23.2 Å². The summed E-state index contributed by atoms with van der Waals surface area (Å²) in [6.07, 6.45) is 0. The van der Waals surface area contributed by atoms with Crippen molar-refractivity contribution in [1.82, 2.24) is 14.5 Å². The fourth-order valence-corrected chi connectivity index (χ4v) is 5.23. The molecule has 1 atom stereocenters. The minimum atomic E-state index is -3.78. The SMILES string of the molecule is CNCC(C)C(=O)N1CCN(S(=O)(=O)c2c(Cl)cccc2Cl)CC1. The Morgan fingerprint density at radius 3 is 2.25 bits per heavy atom. The van der Waals surface area contributed by atoms with Gasteiger partial charge in [-0.2, -0.15) is 4.31 Å². The molecule has 134 valence electrons. The predicted octanol–water partition coefficient (Wildman–Crippen LogP) is 1.68. The number of hydrogen-bond donors (Lipinski definition) is 1. The Balaban J connectivity index is 2.10. The third-order valence-corrected chi connectivity index (χ3v) is 6.85. The average molecular weight is 394 g/mol. The van der Waals surface area contributed by atoms with Crippen LogP contribution in [0.15, 0.2) is 23.1 Å². The van der Waals surface area contributed by atoms with Crippen molar-refractivity contribution in [3.63, 3.8) is 0 Å². The lowest BCUT2D eigenvalue weighted by atomic mass is 10.1. The third kappa shape index (κ3) is 4.03. The lowest BCUT2D eigenvalue weighted by molar-refractivity contribution is -0.136. The summed E-state index contributed by atoms with van der Waals surface area (Å²) in [5.41, 5.74) is 0. The van der Waals surface area contributed by atoms with E-state index in [1.807, 2.05) is 6.92 Å². The van der Waals surface area contributed by atoms with Crippen molar-refractivity contribution in [2.75, 3.05) is 39.8 Å². The van der Waals surface area contributed by atoms with Crippen molar-refractivity contribution in [2.45, 2.75) is 11.8 Å². The highest BCUT2D eigenvalue weighted by atomic mass is 35.5. The first-order chi connectivity index (χ1) is 11.3. The number of amides is 1. The highest BCUT2D eigenvalue weighted by Crippen LogP contribution is 2.31. The summed E-state index contributed by atoms with van der Waals surface area (Å²) in [4.78, 5) is 13.9. The first kappa shape index (κ1) is 19.5. The number of hydrogen-bond acceptors (Lipinski definition) is 4. The molecule has 1 fully saturated rings. The smallest absolute Gasteiger partial charge is 0.246 e. The van der Waals surface area contributed by atoms with Crippen molar-refractivity contribution in [1.29, 1.82) is 0 Å². The van der Waals surface area contributed by atoms with Gasteiger partial charge in [0.25, 0.3) is 0 Å². The molecule has 1 amide bonds. The normalized spacial score (nSPS) is 17.8. The molecule has 1 saturated heterocycles. The van der Waals surface area contributed by atoms with E-state index in [0.29, 0.717) is 19.6 Å². The quantitative estimate of drug-likeness (QED) is 0.825. The van der Waals surface area contributed by atoms with Gasteiger partial charge >= 0.3 is 0 Å². The number of rotatable bonds is 5. The molecular formula is C15H21Cl2N3O3S. The number of carbonyl (C=O) groups excluding carboxylic acids is 1. The number of sulfonamides is 1. The maximum Gasteiger partial charge on any atom is 0.246 e. The monoisotopic (exact) mass is 393 g/mol. The van der Waals surface area contributed by atoms with E-state index in [9.17, 15) is 13.2 Å². The molecule has 0 radical (unpaired) electrons. The van der Waals surface area contributed by atoms with Gasteiger partial charge in [0.15, 0.2) is 0 Å². The van der Waals surface area contributed by atoms with Crippen LogP contribution in [0.5, 0.6) is 0 Å². The van der Waals surface area contributed by atoms with Crippen LogP contribution in [0.2, 0.25) is 10.0 Å². The van der Waals surface area contributed by atoms with Gasteiger partial charge < -0.3 is 10.2 Å². The molecule has 24 heavy (non-hydrogen) atoms. The van der Waals surface area contributed by atoms with Crippen molar-refractivity contribution >= 4 is 39.1 Å². The van der Waals surface area contributed by atoms with Gasteiger partial charge in [-0.1, -0.05) is 36.2 Å². The molecule has 1 aliphatic heterocycles. The van der Waals surface area contributed by atoms with Crippen LogP contribution in [0, 0.1) is 5.92 Å². The summed E-state index contributed by atoms with van der Waals surface area (Å²) in [5, 5.41) is 3.17. The molecule has 1 aromatic rings. The average Bonchev–Trinajstić information content (AvgIpc) is 2.54. The molecule has 6 nitrogen and oxygen atoms in total.